The fraction of sp³-hybridized carbons (Fsp3) is 0.368. The maximum atomic E-state index is 4.51. The van der Waals surface area contributed by atoms with Gasteiger partial charge in [0.15, 0.2) is 0 Å². The Kier molecular flexibility index (Phi) is 5.66. The zero-order valence-corrected chi connectivity index (χ0v) is 14.2. The summed E-state index contributed by atoms with van der Waals surface area (Å²) in [7, 11) is 0. The Morgan fingerprint density at radius 2 is 1.96 bits per heavy atom. The van der Waals surface area contributed by atoms with Crippen molar-refractivity contribution in [3.63, 3.8) is 0 Å². The van der Waals surface area contributed by atoms with Gasteiger partial charge in [0, 0.05) is 36.4 Å². The van der Waals surface area contributed by atoms with Gasteiger partial charge in [0.1, 0.15) is 5.82 Å². The van der Waals surface area contributed by atoms with E-state index in [1.54, 1.807) is 6.20 Å². The summed E-state index contributed by atoms with van der Waals surface area (Å²) in [6.07, 6.45) is 8.44. The molecule has 0 aliphatic carbocycles. The molecule has 2 aromatic heterocycles. The maximum Gasteiger partial charge on any atom is 0.224 e. The second-order valence-corrected chi connectivity index (χ2v) is 5.94. The van der Waals surface area contributed by atoms with Crippen LogP contribution in [0.2, 0.25) is 0 Å². The molecule has 0 saturated carbocycles. The van der Waals surface area contributed by atoms with E-state index >= 15 is 0 Å². The SMILES string of the molecule is CCCCCNc1nccc(NCCc2c[nH]c3ccccc23)n1. The molecule has 0 atom stereocenters. The predicted molar refractivity (Wildman–Crippen MR) is 101 cm³/mol. The average molecular weight is 323 g/mol. The minimum atomic E-state index is 0.697. The average Bonchev–Trinajstić information content (AvgIpc) is 3.03. The van der Waals surface area contributed by atoms with Crippen LogP contribution in [0.1, 0.15) is 31.7 Å². The van der Waals surface area contributed by atoms with Crippen molar-refractivity contribution in [2.75, 3.05) is 23.7 Å². The summed E-state index contributed by atoms with van der Waals surface area (Å²) in [4.78, 5) is 12.1. The molecule has 0 bridgehead atoms. The lowest BCUT2D eigenvalue weighted by Crippen LogP contribution is -2.09. The Hall–Kier alpha value is -2.56. The zero-order valence-electron chi connectivity index (χ0n) is 14.2. The van der Waals surface area contributed by atoms with E-state index in [0.717, 1.165) is 31.7 Å². The number of anilines is 2. The first-order chi connectivity index (χ1) is 11.9. The number of hydrogen-bond donors (Lipinski definition) is 3. The molecule has 0 aliphatic heterocycles. The first kappa shape index (κ1) is 16.3. The normalized spacial score (nSPS) is 10.9. The van der Waals surface area contributed by atoms with Crippen LogP contribution in [-0.2, 0) is 6.42 Å². The minimum Gasteiger partial charge on any atom is -0.370 e. The molecule has 3 aromatic rings. The Morgan fingerprint density at radius 3 is 2.88 bits per heavy atom. The predicted octanol–water partition coefficient (Wildman–Crippen LogP) is 4.21. The van der Waals surface area contributed by atoms with Gasteiger partial charge in [-0.05, 0) is 30.5 Å². The molecule has 5 nitrogen and oxygen atoms in total. The number of aromatic nitrogens is 3. The molecule has 0 unspecified atom stereocenters. The van der Waals surface area contributed by atoms with Crippen molar-refractivity contribution >= 4 is 22.7 Å². The third kappa shape index (κ3) is 4.25. The van der Waals surface area contributed by atoms with Crippen molar-refractivity contribution in [1.82, 2.24) is 15.0 Å². The van der Waals surface area contributed by atoms with Gasteiger partial charge in [-0.2, -0.15) is 4.98 Å². The van der Waals surface area contributed by atoms with Gasteiger partial charge in [-0.15, -0.1) is 0 Å². The van der Waals surface area contributed by atoms with Crippen molar-refractivity contribution < 1.29 is 0 Å². The molecule has 0 amide bonds. The van der Waals surface area contributed by atoms with Gasteiger partial charge in [0.2, 0.25) is 5.95 Å². The lowest BCUT2D eigenvalue weighted by Gasteiger charge is -2.08. The van der Waals surface area contributed by atoms with Crippen molar-refractivity contribution in [3.8, 4) is 0 Å². The molecular formula is C19H25N5. The number of nitrogens with one attached hydrogen (secondary N) is 3. The number of para-hydroxylation sites is 1. The first-order valence-corrected chi connectivity index (χ1v) is 8.72. The van der Waals surface area contributed by atoms with Crippen LogP contribution in [0.3, 0.4) is 0 Å². The highest BCUT2D eigenvalue weighted by atomic mass is 15.1. The first-order valence-electron chi connectivity index (χ1n) is 8.72. The third-order valence-corrected chi connectivity index (χ3v) is 4.09. The molecule has 5 heteroatoms. The van der Waals surface area contributed by atoms with Crippen molar-refractivity contribution in [1.29, 1.82) is 0 Å². The van der Waals surface area contributed by atoms with E-state index in [2.05, 4.69) is 63.0 Å². The summed E-state index contributed by atoms with van der Waals surface area (Å²) >= 11 is 0. The number of fused-ring (bicyclic) bond motifs is 1. The van der Waals surface area contributed by atoms with E-state index in [9.17, 15) is 0 Å². The largest absolute Gasteiger partial charge is 0.370 e. The molecule has 0 aliphatic rings. The van der Waals surface area contributed by atoms with Crippen molar-refractivity contribution in [2.24, 2.45) is 0 Å². The van der Waals surface area contributed by atoms with Crippen LogP contribution in [0, 0.1) is 0 Å². The van der Waals surface area contributed by atoms with Gasteiger partial charge in [-0.25, -0.2) is 4.98 Å². The van der Waals surface area contributed by atoms with Gasteiger partial charge in [-0.1, -0.05) is 38.0 Å². The van der Waals surface area contributed by atoms with Crippen LogP contribution in [0.15, 0.2) is 42.7 Å². The fourth-order valence-electron chi connectivity index (χ4n) is 2.78. The van der Waals surface area contributed by atoms with Gasteiger partial charge in [-0.3, -0.25) is 0 Å². The summed E-state index contributed by atoms with van der Waals surface area (Å²) in [5.41, 5.74) is 2.51. The molecule has 0 spiro atoms. The van der Waals surface area contributed by atoms with E-state index in [0.29, 0.717) is 5.95 Å². The number of aromatic amines is 1. The van der Waals surface area contributed by atoms with E-state index in [1.807, 2.05) is 6.07 Å². The molecule has 2 heterocycles. The van der Waals surface area contributed by atoms with Gasteiger partial charge in [0.05, 0.1) is 0 Å². The second kappa shape index (κ2) is 8.34. The van der Waals surface area contributed by atoms with E-state index in [-0.39, 0.29) is 0 Å². The number of nitrogens with zero attached hydrogens (tertiary/aromatic N) is 2. The lowest BCUT2D eigenvalue weighted by molar-refractivity contribution is 0.740. The molecule has 24 heavy (non-hydrogen) atoms. The number of hydrogen-bond acceptors (Lipinski definition) is 4. The number of H-pyrrole nitrogens is 1. The van der Waals surface area contributed by atoms with Gasteiger partial charge in [0.25, 0.3) is 0 Å². The quantitative estimate of drug-likeness (QED) is 0.516. The van der Waals surface area contributed by atoms with Crippen LogP contribution >= 0.6 is 0 Å². The third-order valence-electron chi connectivity index (χ3n) is 4.09. The van der Waals surface area contributed by atoms with Crippen LogP contribution in [0.4, 0.5) is 11.8 Å². The van der Waals surface area contributed by atoms with Crippen LogP contribution in [0.5, 0.6) is 0 Å². The molecule has 0 fully saturated rings. The van der Waals surface area contributed by atoms with Crippen molar-refractivity contribution in [3.05, 3.63) is 48.3 Å². The van der Waals surface area contributed by atoms with E-state index < -0.39 is 0 Å². The molecule has 1 aromatic carbocycles. The summed E-state index contributed by atoms with van der Waals surface area (Å²) in [6.45, 7) is 3.97. The summed E-state index contributed by atoms with van der Waals surface area (Å²) in [5.74, 6) is 1.56. The second-order valence-electron chi connectivity index (χ2n) is 5.94. The van der Waals surface area contributed by atoms with E-state index in [1.165, 1.54) is 29.3 Å². The van der Waals surface area contributed by atoms with Crippen LogP contribution < -0.4 is 10.6 Å². The van der Waals surface area contributed by atoms with Gasteiger partial charge < -0.3 is 15.6 Å². The number of benzene rings is 1. The molecular weight excluding hydrogens is 298 g/mol. The highest BCUT2D eigenvalue weighted by Crippen LogP contribution is 2.18. The maximum absolute atomic E-state index is 4.51. The van der Waals surface area contributed by atoms with Gasteiger partial charge >= 0.3 is 0 Å². The van der Waals surface area contributed by atoms with Crippen LogP contribution in [0.25, 0.3) is 10.9 Å². The van der Waals surface area contributed by atoms with E-state index in [4.69, 9.17) is 0 Å². The summed E-state index contributed by atoms with van der Waals surface area (Å²) in [5, 5.41) is 7.96. The zero-order chi connectivity index (χ0) is 16.6. The Balaban J connectivity index is 1.51. The molecule has 0 radical (unpaired) electrons. The summed E-state index contributed by atoms with van der Waals surface area (Å²) in [6, 6.07) is 10.3. The number of unbranched alkanes of at least 4 members (excludes halogenated alkanes) is 2. The topological polar surface area (TPSA) is 65.6 Å². The molecule has 126 valence electrons. The highest BCUT2D eigenvalue weighted by Gasteiger charge is 2.03. The van der Waals surface area contributed by atoms with Crippen LogP contribution in [-0.4, -0.2) is 28.0 Å². The van der Waals surface area contributed by atoms with Crippen molar-refractivity contribution in [2.45, 2.75) is 32.6 Å². The highest BCUT2D eigenvalue weighted by molar-refractivity contribution is 5.83. The summed E-state index contributed by atoms with van der Waals surface area (Å²) < 4.78 is 0. The Labute approximate surface area is 142 Å². The Bertz CT molecular complexity index is 765. The molecule has 0 saturated heterocycles. The lowest BCUT2D eigenvalue weighted by atomic mass is 10.1. The number of rotatable bonds is 9. The Morgan fingerprint density at radius 1 is 1.04 bits per heavy atom. The molecule has 3 rings (SSSR count). The monoisotopic (exact) mass is 323 g/mol. The minimum absolute atomic E-state index is 0.697. The standard InChI is InChI=1S/C19H25N5/c1-2-3-6-11-21-19-22-13-10-18(24-19)20-12-9-15-14-23-17-8-5-4-7-16(15)17/h4-5,7-8,10,13-14,23H,2-3,6,9,11-12H2,1H3,(H2,20,21,22,24). The smallest absolute Gasteiger partial charge is 0.224 e. The fourth-order valence-corrected chi connectivity index (χ4v) is 2.78. The molecule has 3 N–H and O–H groups in total.